The van der Waals surface area contributed by atoms with Crippen molar-refractivity contribution in [2.24, 2.45) is 0 Å². The van der Waals surface area contributed by atoms with E-state index in [9.17, 15) is 9.59 Å². The molecule has 33 heavy (non-hydrogen) atoms. The Balaban J connectivity index is 1.44. The topological polar surface area (TPSA) is 106 Å². The molecule has 2 aliphatic heterocycles. The van der Waals surface area contributed by atoms with Crippen LogP contribution in [0.5, 0.6) is 0 Å². The standard InChI is InChI=1S/C23H29BN4O5/c1-22(2)23(3,4)33-24(32-22)16-10-8-15(9-11-16)17-13-25-20(27-17)18-7-6-12-28(18)19(29)14-26-21(30)31-5/h6-11,13,18H,12,14H2,1-5H3,(H,25,27)(H,26,30)/t18-/m0/s1. The minimum atomic E-state index is -0.642. The number of nitrogens with one attached hydrogen (secondary N) is 2. The number of nitrogens with zero attached hydrogens (tertiary/aromatic N) is 2. The third-order valence-electron chi connectivity index (χ3n) is 6.47. The zero-order chi connectivity index (χ0) is 23.8. The predicted octanol–water partition coefficient (Wildman–Crippen LogP) is 2.17. The van der Waals surface area contributed by atoms with Gasteiger partial charge in [-0.2, -0.15) is 0 Å². The lowest BCUT2D eigenvalue weighted by Gasteiger charge is -2.32. The van der Waals surface area contributed by atoms with Gasteiger partial charge in [0.05, 0.1) is 30.2 Å². The second-order valence-corrected chi connectivity index (χ2v) is 9.16. The summed E-state index contributed by atoms with van der Waals surface area (Å²) in [5.41, 5.74) is 1.97. The molecule has 0 spiro atoms. The van der Waals surface area contributed by atoms with Crippen molar-refractivity contribution < 1.29 is 23.6 Å². The minimum Gasteiger partial charge on any atom is -0.453 e. The fourth-order valence-corrected chi connectivity index (χ4v) is 3.77. The number of methoxy groups -OCH3 is 1. The Hall–Kier alpha value is -3.11. The number of amides is 2. The summed E-state index contributed by atoms with van der Waals surface area (Å²) < 4.78 is 16.8. The maximum atomic E-state index is 12.5. The molecule has 2 aromatic rings. The maximum absolute atomic E-state index is 12.5. The Bertz CT molecular complexity index is 1050. The highest BCUT2D eigenvalue weighted by Gasteiger charge is 2.51. The van der Waals surface area contributed by atoms with Crippen molar-refractivity contribution in [1.29, 1.82) is 0 Å². The van der Waals surface area contributed by atoms with Gasteiger partial charge in [-0.05, 0) is 38.7 Å². The van der Waals surface area contributed by atoms with Gasteiger partial charge in [0.25, 0.3) is 0 Å². The molecule has 2 aliphatic rings. The molecule has 0 bridgehead atoms. The number of hydrogen-bond donors (Lipinski definition) is 2. The van der Waals surface area contributed by atoms with Gasteiger partial charge in [-0.1, -0.05) is 36.4 Å². The number of carbonyl (C=O) groups excluding carboxylic acids is 2. The van der Waals surface area contributed by atoms with Crippen LogP contribution in [-0.4, -0.2) is 65.4 Å². The van der Waals surface area contributed by atoms with Crippen LogP contribution in [0.4, 0.5) is 4.79 Å². The van der Waals surface area contributed by atoms with Gasteiger partial charge in [0.15, 0.2) is 0 Å². The Labute approximate surface area is 193 Å². The van der Waals surface area contributed by atoms with Gasteiger partial charge in [-0.25, -0.2) is 9.78 Å². The number of aromatic nitrogens is 2. The van der Waals surface area contributed by atoms with Gasteiger partial charge in [-0.15, -0.1) is 0 Å². The van der Waals surface area contributed by atoms with E-state index >= 15 is 0 Å². The maximum Gasteiger partial charge on any atom is 0.494 e. The van der Waals surface area contributed by atoms with E-state index in [0.29, 0.717) is 12.4 Å². The van der Waals surface area contributed by atoms with Crippen LogP contribution in [0, 0.1) is 0 Å². The summed E-state index contributed by atoms with van der Waals surface area (Å²) in [5, 5.41) is 2.42. The molecular formula is C23H29BN4O5. The highest BCUT2D eigenvalue weighted by molar-refractivity contribution is 6.62. The van der Waals surface area contributed by atoms with Crippen LogP contribution >= 0.6 is 0 Å². The zero-order valence-corrected chi connectivity index (χ0v) is 19.5. The first kappa shape index (κ1) is 23.1. The summed E-state index contributed by atoms with van der Waals surface area (Å²) in [4.78, 5) is 33.2. The van der Waals surface area contributed by atoms with E-state index in [0.717, 1.165) is 16.7 Å². The molecule has 1 fully saturated rings. The normalized spacial score (nSPS) is 20.8. The Morgan fingerprint density at radius 1 is 1.21 bits per heavy atom. The molecule has 1 aromatic carbocycles. The molecule has 0 unspecified atom stereocenters. The average molecular weight is 452 g/mol. The molecule has 174 valence electrons. The summed E-state index contributed by atoms with van der Waals surface area (Å²) in [5.74, 6) is 0.431. The summed E-state index contributed by atoms with van der Waals surface area (Å²) in [6.45, 7) is 8.44. The van der Waals surface area contributed by atoms with Crippen molar-refractivity contribution in [2.75, 3.05) is 20.2 Å². The van der Waals surface area contributed by atoms with E-state index in [2.05, 4.69) is 20.0 Å². The molecule has 1 aromatic heterocycles. The second kappa shape index (κ2) is 8.68. The van der Waals surface area contributed by atoms with Crippen LogP contribution in [-0.2, 0) is 18.8 Å². The van der Waals surface area contributed by atoms with Crippen LogP contribution in [0.25, 0.3) is 11.3 Å². The fraction of sp³-hybridized carbons (Fsp3) is 0.435. The molecule has 0 radical (unpaired) electrons. The third kappa shape index (κ3) is 4.53. The predicted molar refractivity (Wildman–Crippen MR) is 124 cm³/mol. The average Bonchev–Trinajstić information content (AvgIpc) is 3.49. The van der Waals surface area contributed by atoms with Crippen molar-refractivity contribution in [3.8, 4) is 11.3 Å². The van der Waals surface area contributed by atoms with Crippen LogP contribution in [0.15, 0.2) is 42.6 Å². The molecule has 0 saturated carbocycles. The Morgan fingerprint density at radius 2 is 1.88 bits per heavy atom. The molecular weight excluding hydrogens is 423 g/mol. The Morgan fingerprint density at radius 3 is 2.52 bits per heavy atom. The molecule has 4 rings (SSSR count). The Kier molecular flexibility index (Phi) is 6.07. The number of rotatable bonds is 5. The molecule has 9 nitrogen and oxygen atoms in total. The number of hydrogen-bond acceptors (Lipinski definition) is 6. The summed E-state index contributed by atoms with van der Waals surface area (Å²) in [7, 11) is 0.843. The lowest BCUT2D eigenvalue weighted by Crippen LogP contribution is -2.41. The molecule has 2 amide bonds. The largest absolute Gasteiger partial charge is 0.494 e. The molecule has 3 heterocycles. The number of benzene rings is 1. The van der Waals surface area contributed by atoms with Crippen LogP contribution in [0.3, 0.4) is 0 Å². The first-order valence-corrected chi connectivity index (χ1v) is 10.9. The van der Waals surface area contributed by atoms with Crippen molar-refractivity contribution in [3.05, 3.63) is 48.4 Å². The van der Waals surface area contributed by atoms with Gasteiger partial charge in [0.1, 0.15) is 18.4 Å². The van der Waals surface area contributed by atoms with Gasteiger partial charge < -0.3 is 29.2 Å². The molecule has 1 atom stereocenters. The van der Waals surface area contributed by atoms with Gasteiger partial charge in [0, 0.05) is 6.54 Å². The SMILES string of the molecule is COC(=O)NCC(=O)N1CC=C[C@H]1c1ncc(-c2ccc(B3OC(C)(C)C(C)(C)O3)cc2)[nH]1. The van der Waals surface area contributed by atoms with Gasteiger partial charge in [-0.3, -0.25) is 4.79 Å². The highest BCUT2D eigenvalue weighted by atomic mass is 16.7. The summed E-state index contributed by atoms with van der Waals surface area (Å²) in [6.07, 6.45) is 4.93. The van der Waals surface area contributed by atoms with Crippen LogP contribution < -0.4 is 10.8 Å². The minimum absolute atomic E-state index is 0.140. The lowest BCUT2D eigenvalue weighted by atomic mass is 9.79. The number of H-pyrrole nitrogens is 1. The van der Waals surface area contributed by atoms with Crippen molar-refractivity contribution >= 4 is 24.6 Å². The van der Waals surface area contributed by atoms with E-state index < -0.39 is 13.2 Å². The first-order chi connectivity index (χ1) is 15.6. The number of aromatic amines is 1. The van der Waals surface area contributed by atoms with Gasteiger partial charge >= 0.3 is 13.2 Å². The number of alkyl carbamates (subject to hydrolysis) is 1. The molecule has 0 aliphatic carbocycles. The van der Waals surface area contributed by atoms with E-state index in [1.54, 1.807) is 11.1 Å². The summed E-state index contributed by atoms with van der Waals surface area (Å²) in [6, 6.07) is 7.63. The van der Waals surface area contributed by atoms with Gasteiger partial charge in [0.2, 0.25) is 5.91 Å². The fourth-order valence-electron chi connectivity index (χ4n) is 3.77. The first-order valence-electron chi connectivity index (χ1n) is 10.9. The van der Waals surface area contributed by atoms with E-state index in [-0.39, 0.29) is 29.7 Å². The smallest absolute Gasteiger partial charge is 0.453 e. The second-order valence-electron chi connectivity index (χ2n) is 9.16. The van der Waals surface area contributed by atoms with E-state index in [4.69, 9.17) is 9.31 Å². The molecule has 2 N–H and O–H groups in total. The monoisotopic (exact) mass is 452 g/mol. The number of imidazole rings is 1. The van der Waals surface area contributed by atoms with Crippen LogP contribution in [0.2, 0.25) is 0 Å². The zero-order valence-electron chi connectivity index (χ0n) is 19.5. The quantitative estimate of drug-likeness (QED) is 0.532. The summed E-state index contributed by atoms with van der Waals surface area (Å²) >= 11 is 0. The molecule has 10 heteroatoms. The number of carbonyl (C=O) groups is 2. The lowest BCUT2D eigenvalue weighted by molar-refractivity contribution is -0.130. The van der Waals surface area contributed by atoms with Crippen molar-refractivity contribution in [3.63, 3.8) is 0 Å². The van der Waals surface area contributed by atoms with Crippen molar-refractivity contribution in [2.45, 2.75) is 44.9 Å². The van der Waals surface area contributed by atoms with E-state index in [1.165, 1.54) is 7.11 Å². The van der Waals surface area contributed by atoms with Crippen LogP contribution in [0.1, 0.15) is 39.6 Å². The van der Waals surface area contributed by atoms with E-state index in [1.807, 2.05) is 64.1 Å². The molecule has 1 saturated heterocycles. The third-order valence-corrected chi connectivity index (χ3v) is 6.47. The highest BCUT2D eigenvalue weighted by Crippen LogP contribution is 2.36. The number of ether oxygens (including phenoxy) is 1. The van der Waals surface area contributed by atoms with Crippen molar-refractivity contribution in [1.82, 2.24) is 20.2 Å².